The highest BCUT2D eigenvalue weighted by Gasteiger charge is 2.20. The summed E-state index contributed by atoms with van der Waals surface area (Å²) in [6.07, 6.45) is 0. The molecule has 100 valence electrons. The molecule has 0 aliphatic heterocycles. The maximum Gasteiger partial charge on any atom is 0.347 e. The number of nitrogens with zero attached hydrogens (tertiary/aromatic N) is 1. The molecular formula is C13H11BrClNO2S. The molecule has 3 nitrogen and oxygen atoms in total. The van der Waals surface area contributed by atoms with Gasteiger partial charge in [0.1, 0.15) is 9.88 Å². The highest BCUT2D eigenvalue weighted by molar-refractivity contribution is 9.10. The molecule has 0 saturated heterocycles. The van der Waals surface area contributed by atoms with Crippen molar-refractivity contribution in [2.75, 3.05) is 0 Å². The number of carboxylic acids is 1. The van der Waals surface area contributed by atoms with Crippen LogP contribution in [0.1, 0.15) is 35.1 Å². The molecule has 1 N–H and O–H groups in total. The number of hydrogen-bond acceptors (Lipinski definition) is 3. The van der Waals surface area contributed by atoms with Crippen molar-refractivity contribution in [1.82, 2.24) is 4.98 Å². The van der Waals surface area contributed by atoms with Crippen LogP contribution >= 0.6 is 38.9 Å². The van der Waals surface area contributed by atoms with Crippen molar-refractivity contribution in [1.29, 1.82) is 0 Å². The second-order valence-electron chi connectivity index (χ2n) is 4.32. The highest BCUT2D eigenvalue weighted by Crippen LogP contribution is 2.34. The molecule has 0 atom stereocenters. The van der Waals surface area contributed by atoms with E-state index in [9.17, 15) is 9.90 Å². The van der Waals surface area contributed by atoms with Crippen LogP contribution in [-0.2, 0) is 0 Å². The van der Waals surface area contributed by atoms with Crippen LogP contribution in [0.5, 0.6) is 0 Å². The van der Waals surface area contributed by atoms with E-state index < -0.39 is 5.97 Å². The van der Waals surface area contributed by atoms with E-state index in [1.165, 1.54) is 11.3 Å². The van der Waals surface area contributed by atoms with Crippen LogP contribution in [-0.4, -0.2) is 16.1 Å². The van der Waals surface area contributed by atoms with Crippen molar-refractivity contribution in [3.05, 3.63) is 38.3 Å². The van der Waals surface area contributed by atoms with Crippen LogP contribution in [0.2, 0.25) is 5.02 Å². The third-order valence-corrected chi connectivity index (χ3v) is 4.90. The Balaban J connectivity index is 2.54. The molecule has 0 fully saturated rings. The third-order valence-electron chi connectivity index (χ3n) is 2.56. The molecule has 1 heterocycles. The molecule has 2 aromatic rings. The number of hydrogen-bond donors (Lipinski definition) is 1. The molecule has 0 radical (unpaired) electrons. The van der Waals surface area contributed by atoms with E-state index in [-0.39, 0.29) is 5.92 Å². The van der Waals surface area contributed by atoms with Crippen LogP contribution in [0.25, 0.3) is 10.6 Å². The monoisotopic (exact) mass is 359 g/mol. The average molecular weight is 361 g/mol. The summed E-state index contributed by atoms with van der Waals surface area (Å²) < 4.78 is 0.803. The maximum atomic E-state index is 11.2. The molecule has 0 spiro atoms. The van der Waals surface area contributed by atoms with Crippen molar-refractivity contribution >= 4 is 44.8 Å². The molecule has 0 aliphatic carbocycles. The van der Waals surface area contributed by atoms with Crippen LogP contribution < -0.4 is 0 Å². The quantitative estimate of drug-likeness (QED) is 0.833. The zero-order valence-electron chi connectivity index (χ0n) is 10.3. The van der Waals surface area contributed by atoms with Crippen molar-refractivity contribution in [2.45, 2.75) is 19.8 Å². The maximum absolute atomic E-state index is 11.2. The first-order valence-corrected chi connectivity index (χ1v) is 7.58. The number of carbonyl (C=O) groups is 1. The van der Waals surface area contributed by atoms with Crippen LogP contribution in [0.3, 0.4) is 0 Å². The average Bonchev–Trinajstić information content (AvgIpc) is 2.78. The van der Waals surface area contributed by atoms with Gasteiger partial charge in [-0.05, 0) is 34.0 Å². The number of aromatic nitrogens is 1. The summed E-state index contributed by atoms with van der Waals surface area (Å²) >= 11 is 10.6. The number of rotatable bonds is 3. The van der Waals surface area contributed by atoms with E-state index in [1.807, 2.05) is 26.0 Å². The zero-order valence-corrected chi connectivity index (χ0v) is 13.4. The Bertz CT molecular complexity index is 640. The molecular weight excluding hydrogens is 350 g/mol. The fraction of sp³-hybridized carbons (Fsp3) is 0.231. The third kappa shape index (κ3) is 2.99. The van der Waals surface area contributed by atoms with Crippen molar-refractivity contribution in [3.8, 4) is 10.6 Å². The van der Waals surface area contributed by atoms with Gasteiger partial charge in [-0.1, -0.05) is 31.5 Å². The molecule has 0 bridgehead atoms. The van der Waals surface area contributed by atoms with Crippen LogP contribution in [0.15, 0.2) is 22.7 Å². The lowest BCUT2D eigenvalue weighted by Gasteiger charge is -2.01. The summed E-state index contributed by atoms with van der Waals surface area (Å²) in [6, 6.07) is 5.47. The normalized spacial score (nSPS) is 11.0. The van der Waals surface area contributed by atoms with Gasteiger partial charge in [-0.3, -0.25) is 0 Å². The molecule has 19 heavy (non-hydrogen) atoms. The first-order valence-electron chi connectivity index (χ1n) is 5.59. The fourth-order valence-corrected chi connectivity index (χ4v) is 3.11. The number of thiazole rings is 1. The van der Waals surface area contributed by atoms with Crippen LogP contribution in [0, 0.1) is 0 Å². The minimum atomic E-state index is -0.935. The summed E-state index contributed by atoms with van der Waals surface area (Å²) in [5.74, 6) is -0.863. The Morgan fingerprint density at radius 1 is 1.47 bits per heavy atom. The largest absolute Gasteiger partial charge is 0.477 e. The molecule has 0 aliphatic rings. The minimum absolute atomic E-state index is 0.0713. The van der Waals surface area contributed by atoms with Crippen molar-refractivity contribution in [3.63, 3.8) is 0 Å². The molecule has 0 amide bonds. The smallest absolute Gasteiger partial charge is 0.347 e. The van der Waals surface area contributed by atoms with Crippen LogP contribution in [0.4, 0.5) is 0 Å². The summed E-state index contributed by atoms with van der Waals surface area (Å²) in [4.78, 5) is 16.0. The summed E-state index contributed by atoms with van der Waals surface area (Å²) in [7, 11) is 0. The molecule has 0 saturated carbocycles. The lowest BCUT2D eigenvalue weighted by Crippen LogP contribution is -2.00. The summed E-state index contributed by atoms with van der Waals surface area (Å²) in [6.45, 7) is 3.86. The topological polar surface area (TPSA) is 50.2 Å². The van der Waals surface area contributed by atoms with Gasteiger partial charge in [0.15, 0.2) is 0 Å². The lowest BCUT2D eigenvalue weighted by molar-refractivity contribution is 0.0700. The predicted molar refractivity (Wildman–Crippen MR) is 81.3 cm³/mol. The Morgan fingerprint density at radius 3 is 2.63 bits per heavy atom. The lowest BCUT2D eigenvalue weighted by atomic mass is 10.1. The standard InChI is InChI=1S/C13H11BrClNO2S/c1-6(2)10-11(13(17)18)19-12(16-10)7-3-4-8(14)9(15)5-7/h3-6H,1-2H3,(H,17,18). The van der Waals surface area contributed by atoms with Gasteiger partial charge in [-0.25, -0.2) is 9.78 Å². The van der Waals surface area contributed by atoms with Gasteiger partial charge in [0.05, 0.1) is 10.7 Å². The Hall–Kier alpha value is -0.910. The van der Waals surface area contributed by atoms with E-state index in [1.54, 1.807) is 6.07 Å². The summed E-state index contributed by atoms with van der Waals surface area (Å²) in [5.41, 5.74) is 1.44. The first kappa shape index (κ1) is 14.5. The SMILES string of the molecule is CC(C)c1nc(-c2ccc(Br)c(Cl)c2)sc1C(=O)O. The Labute approximate surface area is 128 Å². The van der Waals surface area contributed by atoms with Gasteiger partial charge >= 0.3 is 5.97 Å². The number of benzene rings is 1. The molecule has 0 unspecified atom stereocenters. The van der Waals surface area contributed by atoms with Gasteiger partial charge in [0, 0.05) is 10.0 Å². The second kappa shape index (κ2) is 5.61. The van der Waals surface area contributed by atoms with Gasteiger partial charge in [0.2, 0.25) is 0 Å². The number of halogens is 2. The first-order chi connectivity index (χ1) is 8.90. The van der Waals surface area contributed by atoms with Gasteiger partial charge in [-0.15, -0.1) is 11.3 Å². The van der Waals surface area contributed by atoms with Gasteiger partial charge in [-0.2, -0.15) is 0 Å². The predicted octanol–water partition coefficient (Wildman–Crippen LogP) is 5.05. The summed E-state index contributed by atoms with van der Waals surface area (Å²) in [5, 5.41) is 10.5. The molecule has 6 heteroatoms. The second-order valence-corrected chi connectivity index (χ2v) is 6.58. The van der Waals surface area contributed by atoms with E-state index in [4.69, 9.17) is 11.6 Å². The molecule has 1 aromatic carbocycles. The van der Waals surface area contributed by atoms with Gasteiger partial charge in [0.25, 0.3) is 0 Å². The Morgan fingerprint density at radius 2 is 2.16 bits per heavy atom. The van der Waals surface area contributed by atoms with E-state index in [0.29, 0.717) is 20.6 Å². The van der Waals surface area contributed by atoms with E-state index >= 15 is 0 Å². The van der Waals surface area contributed by atoms with Gasteiger partial charge < -0.3 is 5.11 Å². The number of aromatic carboxylic acids is 1. The number of carboxylic acid groups (broad SMARTS) is 1. The molecule has 1 aromatic heterocycles. The van der Waals surface area contributed by atoms with E-state index in [2.05, 4.69) is 20.9 Å². The zero-order chi connectivity index (χ0) is 14.2. The van der Waals surface area contributed by atoms with Crippen molar-refractivity contribution < 1.29 is 9.90 Å². The van der Waals surface area contributed by atoms with Crippen molar-refractivity contribution in [2.24, 2.45) is 0 Å². The Kier molecular flexibility index (Phi) is 4.28. The van der Waals surface area contributed by atoms with E-state index in [0.717, 1.165) is 10.0 Å². The molecule has 2 rings (SSSR count). The fourth-order valence-electron chi connectivity index (χ4n) is 1.63. The highest BCUT2D eigenvalue weighted by atomic mass is 79.9. The minimum Gasteiger partial charge on any atom is -0.477 e.